The van der Waals surface area contributed by atoms with E-state index in [9.17, 15) is 9.90 Å². The summed E-state index contributed by atoms with van der Waals surface area (Å²) >= 11 is 9.33. The average Bonchev–Trinajstić information content (AvgIpc) is 2.50. The molecule has 0 aliphatic carbocycles. The maximum absolute atomic E-state index is 12.4. The van der Waals surface area contributed by atoms with Gasteiger partial charge < -0.3 is 15.2 Å². The number of rotatable bonds is 4. The summed E-state index contributed by atoms with van der Waals surface area (Å²) in [7, 11) is 1.43. The van der Waals surface area contributed by atoms with Crippen LogP contribution < -0.4 is 10.1 Å². The van der Waals surface area contributed by atoms with Gasteiger partial charge in [0.15, 0.2) is 11.5 Å². The lowest BCUT2D eigenvalue weighted by Crippen LogP contribution is -2.26. The molecular formula is C16H15BrClNO3. The van der Waals surface area contributed by atoms with Gasteiger partial charge in [0.05, 0.1) is 17.6 Å². The van der Waals surface area contributed by atoms with Gasteiger partial charge in [-0.3, -0.25) is 4.79 Å². The van der Waals surface area contributed by atoms with Crippen LogP contribution in [0.25, 0.3) is 0 Å². The molecule has 0 radical (unpaired) electrons. The van der Waals surface area contributed by atoms with Crippen molar-refractivity contribution >= 4 is 33.4 Å². The Balaban J connectivity index is 2.23. The topological polar surface area (TPSA) is 58.6 Å². The van der Waals surface area contributed by atoms with Crippen LogP contribution in [-0.2, 0) is 0 Å². The van der Waals surface area contributed by atoms with Crippen LogP contribution in [0.4, 0.5) is 0 Å². The quantitative estimate of drug-likeness (QED) is 0.826. The Morgan fingerprint density at radius 2 is 2.05 bits per heavy atom. The Morgan fingerprint density at radius 1 is 1.36 bits per heavy atom. The van der Waals surface area contributed by atoms with Gasteiger partial charge in [0.2, 0.25) is 0 Å². The average molecular weight is 385 g/mol. The molecule has 0 aliphatic heterocycles. The number of carbonyl (C=O) groups is 1. The van der Waals surface area contributed by atoms with E-state index in [0.717, 1.165) is 5.56 Å². The van der Waals surface area contributed by atoms with Crippen molar-refractivity contribution in [3.63, 3.8) is 0 Å². The maximum Gasteiger partial charge on any atom is 0.251 e. The molecule has 4 nitrogen and oxygen atoms in total. The van der Waals surface area contributed by atoms with E-state index in [2.05, 4.69) is 21.2 Å². The summed E-state index contributed by atoms with van der Waals surface area (Å²) < 4.78 is 5.44. The van der Waals surface area contributed by atoms with Gasteiger partial charge in [-0.15, -0.1) is 0 Å². The highest BCUT2D eigenvalue weighted by Gasteiger charge is 2.17. The number of methoxy groups -OCH3 is 1. The number of hydrogen-bond donors (Lipinski definition) is 2. The second-order valence-electron chi connectivity index (χ2n) is 4.73. The molecule has 1 atom stereocenters. The van der Waals surface area contributed by atoms with E-state index in [1.807, 2.05) is 25.1 Å². The predicted octanol–water partition coefficient (Wildman–Crippen LogP) is 4.31. The molecule has 0 heterocycles. The molecule has 2 aromatic rings. The molecule has 0 bridgehead atoms. The number of phenolic OH excluding ortho intramolecular Hbond substituents is 1. The van der Waals surface area contributed by atoms with E-state index in [0.29, 0.717) is 15.1 Å². The first-order chi connectivity index (χ1) is 10.4. The highest BCUT2D eigenvalue weighted by Crippen LogP contribution is 2.35. The van der Waals surface area contributed by atoms with Gasteiger partial charge >= 0.3 is 0 Å². The largest absolute Gasteiger partial charge is 0.503 e. The van der Waals surface area contributed by atoms with Crippen LogP contribution in [0.15, 0.2) is 40.9 Å². The molecule has 1 unspecified atom stereocenters. The standard InChI is InChI=1S/C16H15BrClNO3/c1-9(11-5-3-4-6-13(11)18)19-16(21)10-7-12(17)15(20)14(8-10)22-2/h3-9,20H,1-2H3,(H,19,21). The second-order valence-corrected chi connectivity index (χ2v) is 5.99. The minimum atomic E-state index is -0.286. The molecule has 2 rings (SSSR count). The number of nitrogens with one attached hydrogen (secondary N) is 1. The molecule has 0 saturated heterocycles. The number of hydrogen-bond acceptors (Lipinski definition) is 3. The summed E-state index contributed by atoms with van der Waals surface area (Å²) in [4.78, 5) is 12.4. The lowest BCUT2D eigenvalue weighted by Gasteiger charge is -2.16. The molecule has 22 heavy (non-hydrogen) atoms. The summed E-state index contributed by atoms with van der Waals surface area (Å²) in [5, 5.41) is 13.2. The van der Waals surface area contributed by atoms with Gasteiger partial charge in [0, 0.05) is 10.6 Å². The molecule has 116 valence electrons. The van der Waals surface area contributed by atoms with Crippen molar-refractivity contribution in [1.29, 1.82) is 0 Å². The Labute approximate surface area is 142 Å². The fourth-order valence-corrected chi connectivity index (χ4v) is 2.79. The van der Waals surface area contributed by atoms with Crippen LogP contribution in [0, 0.1) is 0 Å². The van der Waals surface area contributed by atoms with E-state index in [4.69, 9.17) is 16.3 Å². The highest BCUT2D eigenvalue weighted by molar-refractivity contribution is 9.10. The first-order valence-corrected chi connectivity index (χ1v) is 7.73. The van der Waals surface area contributed by atoms with Gasteiger partial charge in [0.25, 0.3) is 5.91 Å². The zero-order valence-electron chi connectivity index (χ0n) is 12.1. The SMILES string of the molecule is COc1cc(C(=O)NC(C)c2ccccc2Cl)cc(Br)c1O. The Morgan fingerprint density at radius 3 is 2.68 bits per heavy atom. The Hall–Kier alpha value is -1.72. The number of carbonyl (C=O) groups excluding carboxylic acids is 1. The van der Waals surface area contributed by atoms with E-state index < -0.39 is 0 Å². The molecule has 1 amide bonds. The summed E-state index contributed by atoms with van der Waals surface area (Å²) in [5.74, 6) is -0.102. The predicted molar refractivity (Wildman–Crippen MR) is 89.7 cm³/mol. The number of benzene rings is 2. The molecule has 0 aliphatic rings. The summed E-state index contributed by atoms with van der Waals surface area (Å²) in [6, 6.07) is 10.1. The third kappa shape index (κ3) is 3.54. The van der Waals surface area contributed by atoms with Crippen molar-refractivity contribution < 1.29 is 14.6 Å². The lowest BCUT2D eigenvalue weighted by molar-refractivity contribution is 0.0939. The maximum atomic E-state index is 12.4. The zero-order chi connectivity index (χ0) is 16.3. The number of ether oxygens (including phenoxy) is 1. The van der Waals surface area contributed by atoms with Crippen molar-refractivity contribution in [2.75, 3.05) is 7.11 Å². The minimum Gasteiger partial charge on any atom is -0.503 e. The zero-order valence-corrected chi connectivity index (χ0v) is 14.4. The van der Waals surface area contributed by atoms with Crippen LogP contribution in [0.3, 0.4) is 0 Å². The number of aromatic hydroxyl groups is 1. The third-order valence-corrected chi connectivity index (χ3v) is 4.18. The lowest BCUT2D eigenvalue weighted by atomic mass is 10.1. The molecule has 0 spiro atoms. The molecule has 6 heteroatoms. The van der Waals surface area contributed by atoms with Crippen LogP contribution >= 0.6 is 27.5 Å². The van der Waals surface area contributed by atoms with E-state index >= 15 is 0 Å². The van der Waals surface area contributed by atoms with Gasteiger partial charge in [-0.2, -0.15) is 0 Å². The van der Waals surface area contributed by atoms with Crippen LogP contribution in [-0.4, -0.2) is 18.1 Å². The fraction of sp³-hybridized carbons (Fsp3) is 0.188. The smallest absolute Gasteiger partial charge is 0.251 e. The summed E-state index contributed by atoms with van der Waals surface area (Å²) in [6.45, 7) is 1.85. The van der Waals surface area contributed by atoms with Crippen molar-refractivity contribution in [2.24, 2.45) is 0 Å². The van der Waals surface area contributed by atoms with Crippen molar-refractivity contribution in [3.8, 4) is 11.5 Å². The first kappa shape index (κ1) is 16.6. The molecule has 0 fully saturated rings. The van der Waals surface area contributed by atoms with Crippen LogP contribution in [0.1, 0.15) is 28.9 Å². The van der Waals surface area contributed by atoms with Crippen molar-refractivity contribution in [2.45, 2.75) is 13.0 Å². The van der Waals surface area contributed by atoms with Crippen molar-refractivity contribution in [3.05, 3.63) is 57.0 Å². The van der Waals surface area contributed by atoms with Crippen LogP contribution in [0.5, 0.6) is 11.5 Å². The van der Waals surface area contributed by atoms with Gasteiger partial charge in [0.1, 0.15) is 0 Å². The van der Waals surface area contributed by atoms with Gasteiger partial charge in [-0.25, -0.2) is 0 Å². The van der Waals surface area contributed by atoms with Crippen LogP contribution in [0.2, 0.25) is 5.02 Å². The molecule has 2 N–H and O–H groups in total. The number of phenols is 1. The van der Waals surface area contributed by atoms with E-state index in [1.165, 1.54) is 19.2 Å². The molecule has 2 aromatic carbocycles. The highest BCUT2D eigenvalue weighted by atomic mass is 79.9. The van der Waals surface area contributed by atoms with E-state index in [1.54, 1.807) is 6.07 Å². The normalized spacial score (nSPS) is 11.8. The third-order valence-electron chi connectivity index (χ3n) is 3.23. The number of halogens is 2. The Bertz CT molecular complexity index is 706. The monoisotopic (exact) mass is 383 g/mol. The molecule has 0 aromatic heterocycles. The van der Waals surface area contributed by atoms with Crippen molar-refractivity contribution in [1.82, 2.24) is 5.32 Å². The number of amides is 1. The second kappa shape index (κ2) is 7.03. The fourth-order valence-electron chi connectivity index (χ4n) is 2.04. The van der Waals surface area contributed by atoms with Gasteiger partial charge in [-0.1, -0.05) is 29.8 Å². The minimum absolute atomic E-state index is 0.0433. The summed E-state index contributed by atoms with van der Waals surface area (Å²) in [5.41, 5.74) is 1.21. The molecule has 0 saturated carbocycles. The van der Waals surface area contributed by atoms with Gasteiger partial charge in [-0.05, 0) is 46.6 Å². The molecular weight excluding hydrogens is 370 g/mol. The first-order valence-electron chi connectivity index (χ1n) is 6.55. The Kier molecular flexibility index (Phi) is 5.32. The summed E-state index contributed by atoms with van der Waals surface area (Å²) in [6.07, 6.45) is 0. The van der Waals surface area contributed by atoms with E-state index in [-0.39, 0.29) is 23.4 Å².